The van der Waals surface area contributed by atoms with E-state index in [0.717, 1.165) is 37.0 Å². The van der Waals surface area contributed by atoms with Gasteiger partial charge >= 0.3 is 0 Å². The summed E-state index contributed by atoms with van der Waals surface area (Å²) in [6.45, 7) is 37.9. The summed E-state index contributed by atoms with van der Waals surface area (Å²) in [6.07, 6.45) is 11.9. The maximum absolute atomic E-state index is 5.81. The van der Waals surface area contributed by atoms with Crippen LogP contribution in [0.1, 0.15) is 165 Å². The quantitative estimate of drug-likeness (QED) is 0.0906. The fourth-order valence-corrected chi connectivity index (χ4v) is 13.2. The highest BCUT2D eigenvalue weighted by molar-refractivity contribution is 6.11. The van der Waals surface area contributed by atoms with Crippen molar-refractivity contribution in [2.75, 3.05) is 13.2 Å². The van der Waals surface area contributed by atoms with Gasteiger partial charge in [-0.2, -0.15) is 0 Å². The van der Waals surface area contributed by atoms with Gasteiger partial charge in [-0.3, -0.25) is 4.98 Å². The molecule has 6 nitrogen and oxygen atoms in total. The van der Waals surface area contributed by atoms with E-state index in [0.29, 0.717) is 5.92 Å². The zero-order valence-electron chi connectivity index (χ0n) is 67.1. The second-order valence-corrected chi connectivity index (χ2v) is 30.5. The molecule has 0 spiro atoms. The number of nitrogens with zero attached hydrogens (tertiary/aromatic N) is 4. The molecule has 0 radical (unpaired) electrons. The Bertz CT molecular complexity index is 4910. The Balaban J connectivity index is 0.000000150. The molecular formula is C101H118N4O2. The largest absolute Gasteiger partial charge is 0.494 e. The lowest BCUT2D eigenvalue weighted by Gasteiger charge is -2.19. The fraction of sp³-hybridized carbons (Fsp3) is 0.297. The van der Waals surface area contributed by atoms with Crippen molar-refractivity contribution in [1.82, 2.24) is 18.7 Å². The van der Waals surface area contributed by atoms with Crippen LogP contribution < -0.4 is 9.47 Å². The van der Waals surface area contributed by atoms with Gasteiger partial charge in [0.1, 0.15) is 11.5 Å². The Hall–Kier alpha value is -10.4. The van der Waals surface area contributed by atoms with Crippen molar-refractivity contribution in [1.29, 1.82) is 0 Å². The second-order valence-electron chi connectivity index (χ2n) is 30.5. The number of hydrogen-bond acceptors (Lipinski definition) is 3. The molecule has 0 saturated carbocycles. The average molecular weight is 1420 g/mol. The van der Waals surface area contributed by atoms with E-state index >= 15 is 0 Å². The Morgan fingerprint density at radius 1 is 0.336 bits per heavy atom. The Morgan fingerprint density at radius 3 is 1.07 bits per heavy atom. The maximum Gasteiger partial charge on any atom is 0.119 e. The number of hydrogen-bond donors (Lipinski definition) is 0. The molecule has 1 atom stereocenters. The van der Waals surface area contributed by atoms with Crippen molar-refractivity contribution in [3.8, 4) is 22.9 Å². The van der Waals surface area contributed by atoms with Crippen LogP contribution >= 0.6 is 0 Å². The molecule has 6 heteroatoms. The van der Waals surface area contributed by atoms with Crippen LogP contribution in [0.5, 0.6) is 11.5 Å². The number of aryl methyl sites for hydroxylation is 7. The minimum absolute atomic E-state index is 0.133. The van der Waals surface area contributed by atoms with Gasteiger partial charge < -0.3 is 23.2 Å². The van der Waals surface area contributed by atoms with Crippen molar-refractivity contribution in [3.63, 3.8) is 0 Å². The van der Waals surface area contributed by atoms with Crippen LogP contribution in [0.3, 0.4) is 0 Å². The van der Waals surface area contributed by atoms with Gasteiger partial charge in [0.05, 0.1) is 35.3 Å². The lowest BCUT2D eigenvalue weighted by Crippen LogP contribution is -2.11. The van der Waals surface area contributed by atoms with E-state index < -0.39 is 0 Å². The van der Waals surface area contributed by atoms with Crippen LogP contribution in [0.4, 0.5) is 0 Å². The third-order valence-corrected chi connectivity index (χ3v) is 19.7. The summed E-state index contributed by atoms with van der Waals surface area (Å²) in [7, 11) is 0. The van der Waals surface area contributed by atoms with E-state index in [1.54, 1.807) is 6.20 Å². The maximum atomic E-state index is 5.81. The summed E-state index contributed by atoms with van der Waals surface area (Å²) in [4.78, 5) is 3.98. The molecule has 0 bridgehead atoms. The number of fused-ring (bicyclic) bond motifs is 9. The van der Waals surface area contributed by atoms with Gasteiger partial charge in [0.15, 0.2) is 0 Å². The molecule has 0 N–H and O–H groups in total. The predicted molar refractivity (Wildman–Crippen MR) is 465 cm³/mol. The molecule has 15 aromatic rings. The number of aromatic nitrogens is 4. The summed E-state index contributed by atoms with van der Waals surface area (Å²) in [5.41, 5.74) is 20.7. The smallest absolute Gasteiger partial charge is 0.119 e. The van der Waals surface area contributed by atoms with Gasteiger partial charge in [-0.25, -0.2) is 0 Å². The molecule has 4 heterocycles. The SMILES string of the molecule is CCCCC(CC)COc1ccc(C)cc1.CCCCCCOc1ccc(C)cc1.CCn1c2ccccc2c2ccccc21.Cc1ccc(-n2c3ccc(C(C)(C)C)cc3c3cc(C(C)(C)C)ccc32)cc1.Cc1ccc(-n2c3ccccc3c3ccccc32)cc1.Cc1ccccc1.Cc1ccccn1. The number of para-hydroxylation sites is 4. The molecule has 0 amide bonds. The van der Waals surface area contributed by atoms with E-state index in [1.807, 2.05) is 55.5 Å². The number of rotatable bonds is 16. The first-order chi connectivity index (χ1) is 51.7. The second kappa shape index (κ2) is 39.8. The van der Waals surface area contributed by atoms with Gasteiger partial charge in [-0.15, -0.1) is 0 Å². The molecule has 0 aliphatic heterocycles. The molecule has 11 aromatic carbocycles. The molecule has 15 rings (SSSR count). The van der Waals surface area contributed by atoms with E-state index in [9.17, 15) is 0 Å². The number of benzene rings is 11. The third-order valence-electron chi connectivity index (χ3n) is 19.7. The third kappa shape index (κ3) is 22.8. The van der Waals surface area contributed by atoms with Gasteiger partial charge in [0.2, 0.25) is 0 Å². The van der Waals surface area contributed by atoms with Crippen LogP contribution in [-0.4, -0.2) is 31.9 Å². The molecular weight excluding hydrogens is 1300 g/mol. The monoisotopic (exact) mass is 1420 g/mol. The minimum atomic E-state index is 0.133. The first-order valence-corrected chi connectivity index (χ1v) is 39.1. The van der Waals surface area contributed by atoms with Gasteiger partial charge in [-0.1, -0.05) is 299 Å². The first kappa shape index (κ1) is 80.7. The summed E-state index contributed by atoms with van der Waals surface area (Å²) in [5, 5.41) is 8.01. The van der Waals surface area contributed by atoms with E-state index in [-0.39, 0.29) is 10.8 Å². The van der Waals surface area contributed by atoms with Crippen molar-refractivity contribution < 1.29 is 9.47 Å². The van der Waals surface area contributed by atoms with Crippen LogP contribution in [0.2, 0.25) is 0 Å². The standard InChI is InChI=1S/C27H31N.C19H15N.C15H24O.C14H13N.C13H20O.C7H8.C6H7N/c1-18-8-12-21(13-9-18)28-24-14-10-19(26(2,3)4)16-22(24)23-17-20(27(5,6)7)11-15-25(23)28;1-14-10-12-15(13-11-14)20-18-8-4-2-6-16(18)17-7-3-5-9-19(17)20;1-4-6-7-14(5-2)12-16-15-10-8-13(3)9-11-15;1-2-15-13-9-5-3-7-11(13)12-8-4-6-10-14(12)15;1-3-4-5-6-11-14-13-9-7-12(2)8-10-13;1-7-5-3-2-4-6-7;1-6-4-2-3-5-7-6/h8-17H,1-7H3;2-13H,1H3;8-11,14H,4-7,12H2,1-3H3;3-10H,2H2,1H3;7-10H,3-6,11H2,1-2H3;2-6H,1H3;2-5H,1H3. The van der Waals surface area contributed by atoms with Gasteiger partial charge in [0.25, 0.3) is 0 Å². The van der Waals surface area contributed by atoms with Crippen LogP contribution in [0.15, 0.2) is 285 Å². The molecule has 107 heavy (non-hydrogen) atoms. The van der Waals surface area contributed by atoms with Crippen LogP contribution in [0, 0.1) is 47.5 Å². The van der Waals surface area contributed by atoms with E-state index in [1.165, 1.54) is 167 Å². The molecule has 0 aliphatic carbocycles. The molecule has 0 aliphatic rings. The summed E-state index contributed by atoms with van der Waals surface area (Å²) >= 11 is 0. The first-order valence-electron chi connectivity index (χ1n) is 39.1. The lowest BCUT2D eigenvalue weighted by atomic mass is 9.85. The Morgan fingerprint density at radius 2 is 0.710 bits per heavy atom. The molecule has 1 unspecified atom stereocenters. The average Bonchev–Trinajstić information content (AvgIpc) is 1.58. The van der Waals surface area contributed by atoms with Crippen molar-refractivity contribution in [2.45, 2.75) is 180 Å². The number of pyridine rings is 1. The summed E-state index contributed by atoms with van der Waals surface area (Å²) in [6, 6.07) is 98.6. The van der Waals surface area contributed by atoms with Gasteiger partial charge in [-0.05, 0) is 198 Å². The van der Waals surface area contributed by atoms with Crippen molar-refractivity contribution in [3.05, 3.63) is 330 Å². The number of ether oxygens (including phenoxy) is 2. The normalized spacial score (nSPS) is 11.4. The highest BCUT2D eigenvalue weighted by Gasteiger charge is 2.21. The number of unbranched alkanes of at least 4 members (excludes halogenated alkanes) is 4. The topological polar surface area (TPSA) is 46.1 Å². The summed E-state index contributed by atoms with van der Waals surface area (Å²) < 4.78 is 18.5. The highest BCUT2D eigenvalue weighted by atomic mass is 16.5. The van der Waals surface area contributed by atoms with E-state index in [4.69, 9.17) is 9.47 Å². The molecule has 4 aromatic heterocycles. The minimum Gasteiger partial charge on any atom is -0.494 e. The summed E-state index contributed by atoms with van der Waals surface area (Å²) in [5.74, 6) is 2.70. The predicted octanol–water partition coefficient (Wildman–Crippen LogP) is 28.5. The van der Waals surface area contributed by atoms with Crippen LogP contribution in [-0.2, 0) is 17.4 Å². The van der Waals surface area contributed by atoms with E-state index in [2.05, 4.69) is 353 Å². The van der Waals surface area contributed by atoms with Crippen molar-refractivity contribution >= 4 is 65.4 Å². The Kier molecular flexibility index (Phi) is 30.0. The Labute approximate surface area is 641 Å². The zero-order chi connectivity index (χ0) is 76.3. The van der Waals surface area contributed by atoms with Crippen LogP contribution in [0.25, 0.3) is 76.8 Å². The highest BCUT2D eigenvalue weighted by Crippen LogP contribution is 2.38. The molecule has 0 saturated heterocycles. The van der Waals surface area contributed by atoms with Crippen molar-refractivity contribution in [2.24, 2.45) is 5.92 Å². The van der Waals surface area contributed by atoms with Gasteiger partial charge in [0, 0.05) is 73.2 Å². The zero-order valence-corrected chi connectivity index (χ0v) is 67.1. The molecule has 554 valence electrons. The fourth-order valence-electron chi connectivity index (χ4n) is 13.2. The molecule has 0 fully saturated rings. The lowest BCUT2D eigenvalue weighted by molar-refractivity contribution is 0.233.